The van der Waals surface area contributed by atoms with Crippen molar-refractivity contribution in [3.63, 3.8) is 0 Å². The zero-order valence-electron chi connectivity index (χ0n) is 10.2. The fourth-order valence-electron chi connectivity index (χ4n) is 1.94. The standard InChI is InChI=1S/C11H20N2O4/c1-7(14)8(9(15)16)13-10(17)11(2)5-3-4-6-12-11/h7-8,12,14H,3-6H2,1-2H3,(H,13,17)(H,15,16)/t7-,8+,11?/m1/s1. The van der Waals surface area contributed by atoms with Crippen molar-refractivity contribution >= 4 is 11.9 Å². The van der Waals surface area contributed by atoms with E-state index in [-0.39, 0.29) is 5.91 Å². The Morgan fingerprint density at radius 1 is 1.41 bits per heavy atom. The van der Waals surface area contributed by atoms with Crippen molar-refractivity contribution in [2.75, 3.05) is 6.54 Å². The maximum Gasteiger partial charge on any atom is 0.328 e. The van der Waals surface area contributed by atoms with E-state index in [0.717, 1.165) is 19.4 Å². The molecule has 1 aliphatic heterocycles. The molecule has 1 rings (SSSR count). The van der Waals surface area contributed by atoms with Gasteiger partial charge in [-0.2, -0.15) is 0 Å². The lowest BCUT2D eigenvalue weighted by Crippen LogP contribution is -2.61. The second kappa shape index (κ2) is 5.46. The number of carboxylic acid groups (broad SMARTS) is 1. The number of carbonyl (C=O) groups is 2. The predicted molar refractivity (Wildman–Crippen MR) is 61.5 cm³/mol. The number of aliphatic carboxylic acids is 1. The van der Waals surface area contributed by atoms with Gasteiger partial charge in [-0.05, 0) is 39.7 Å². The molecule has 98 valence electrons. The number of nitrogens with one attached hydrogen (secondary N) is 2. The van der Waals surface area contributed by atoms with Crippen LogP contribution in [0, 0.1) is 0 Å². The first-order chi connectivity index (χ1) is 7.87. The van der Waals surface area contributed by atoms with Crippen LogP contribution in [-0.4, -0.2) is 46.3 Å². The van der Waals surface area contributed by atoms with E-state index in [1.165, 1.54) is 6.92 Å². The van der Waals surface area contributed by atoms with E-state index < -0.39 is 23.7 Å². The zero-order valence-corrected chi connectivity index (χ0v) is 10.2. The summed E-state index contributed by atoms with van der Waals surface area (Å²) >= 11 is 0. The van der Waals surface area contributed by atoms with E-state index in [9.17, 15) is 14.7 Å². The quantitative estimate of drug-likeness (QED) is 0.533. The van der Waals surface area contributed by atoms with E-state index in [1.807, 2.05) is 0 Å². The predicted octanol–water partition coefficient (Wildman–Crippen LogP) is -0.531. The van der Waals surface area contributed by atoms with Gasteiger partial charge in [-0.1, -0.05) is 0 Å². The lowest BCUT2D eigenvalue weighted by atomic mass is 9.89. The third kappa shape index (κ3) is 3.41. The molecule has 1 aliphatic rings. The van der Waals surface area contributed by atoms with Crippen molar-refractivity contribution in [3.8, 4) is 0 Å². The highest BCUT2D eigenvalue weighted by atomic mass is 16.4. The first kappa shape index (κ1) is 13.9. The number of carboxylic acids is 1. The third-order valence-electron chi connectivity index (χ3n) is 3.15. The highest BCUT2D eigenvalue weighted by Crippen LogP contribution is 2.19. The van der Waals surface area contributed by atoms with Gasteiger partial charge in [0.2, 0.25) is 5.91 Å². The number of carbonyl (C=O) groups excluding carboxylic acids is 1. The molecule has 1 amide bonds. The molecule has 0 aromatic heterocycles. The maximum atomic E-state index is 12.0. The Balaban J connectivity index is 2.66. The van der Waals surface area contributed by atoms with E-state index in [4.69, 9.17) is 5.11 Å². The van der Waals surface area contributed by atoms with Crippen molar-refractivity contribution in [1.82, 2.24) is 10.6 Å². The molecule has 1 heterocycles. The second-order valence-corrected chi connectivity index (χ2v) is 4.75. The monoisotopic (exact) mass is 244 g/mol. The Labute approximate surface area is 100 Å². The van der Waals surface area contributed by atoms with Gasteiger partial charge in [0, 0.05) is 0 Å². The SMILES string of the molecule is C[C@@H](O)[C@H](NC(=O)C1(C)CCCCN1)C(=O)O. The molecule has 6 heteroatoms. The van der Waals surface area contributed by atoms with Gasteiger partial charge in [0.05, 0.1) is 11.6 Å². The van der Waals surface area contributed by atoms with Crippen LogP contribution in [0.3, 0.4) is 0 Å². The minimum atomic E-state index is -1.26. The van der Waals surface area contributed by atoms with Crippen LogP contribution in [-0.2, 0) is 9.59 Å². The van der Waals surface area contributed by atoms with Gasteiger partial charge >= 0.3 is 5.97 Å². The molecule has 0 aliphatic carbocycles. The molecule has 0 aromatic carbocycles. The molecule has 0 saturated carbocycles. The number of aliphatic hydroxyl groups excluding tert-OH is 1. The number of aliphatic hydroxyl groups is 1. The molecule has 1 saturated heterocycles. The number of rotatable bonds is 4. The molecule has 1 unspecified atom stereocenters. The van der Waals surface area contributed by atoms with Crippen molar-refractivity contribution in [2.45, 2.75) is 50.8 Å². The minimum absolute atomic E-state index is 0.370. The number of hydrogen-bond donors (Lipinski definition) is 4. The molecule has 17 heavy (non-hydrogen) atoms. The summed E-state index contributed by atoms with van der Waals surface area (Å²) in [6.45, 7) is 3.84. The number of amides is 1. The normalized spacial score (nSPS) is 28.2. The Morgan fingerprint density at radius 3 is 2.47 bits per heavy atom. The highest BCUT2D eigenvalue weighted by Gasteiger charge is 2.37. The Kier molecular flexibility index (Phi) is 4.47. The van der Waals surface area contributed by atoms with Crippen LogP contribution in [0.2, 0.25) is 0 Å². The van der Waals surface area contributed by atoms with Gasteiger partial charge in [0.15, 0.2) is 6.04 Å². The maximum absolute atomic E-state index is 12.0. The van der Waals surface area contributed by atoms with Gasteiger partial charge < -0.3 is 20.8 Å². The van der Waals surface area contributed by atoms with Gasteiger partial charge in [0.25, 0.3) is 0 Å². The van der Waals surface area contributed by atoms with Crippen LogP contribution in [0.5, 0.6) is 0 Å². The number of piperidine rings is 1. The largest absolute Gasteiger partial charge is 0.480 e. The minimum Gasteiger partial charge on any atom is -0.480 e. The fraction of sp³-hybridized carbons (Fsp3) is 0.818. The van der Waals surface area contributed by atoms with Crippen molar-refractivity contribution < 1.29 is 19.8 Å². The molecule has 3 atom stereocenters. The van der Waals surface area contributed by atoms with Crippen molar-refractivity contribution in [2.24, 2.45) is 0 Å². The molecule has 4 N–H and O–H groups in total. The summed E-state index contributed by atoms with van der Waals surface area (Å²) in [5.41, 5.74) is -0.735. The van der Waals surface area contributed by atoms with Crippen LogP contribution in [0.4, 0.5) is 0 Å². The van der Waals surface area contributed by atoms with Gasteiger partial charge in [-0.3, -0.25) is 4.79 Å². The third-order valence-corrected chi connectivity index (χ3v) is 3.15. The van der Waals surface area contributed by atoms with Gasteiger partial charge in [-0.25, -0.2) is 4.79 Å². The average Bonchev–Trinajstić information content (AvgIpc) is 2.25. The summed E-state index contributed by atoms with van der Waals surface area (Å²) in [6.07, 6.45) is 1.50. The van der Waals surface area contributed by atoms with Gasteiger partial charge in [0.1, 0.15) is 0 Å². The van der Waals surface area contributed by atoms with Crippen molar-refractivity contribution in [1.29, 1.82) is 0 Å². The lowest BCUT2D eigenvalue weighted by Gasteiger charge is -2.34. The Hall–Kier alpha value is -1.14. The van der Waals surface area contributed by atoms with Crippen LogP contribution in [0.25, 0.3) is 0 Å². The van der Waals surface area contributed by atoms with Crippen LogP contribution >= 0.6 is 0 Å². The summed E-state index contributed by atoms with van der Waals surface area (Å²) in [5.74, 6) is -1.60. The van der Waals surface area contributed by atoms with Crippen LogP contribution in [0.1, 0.15) is 33.1 Å². The van der Waals surface area contributed by atoms with Crippen LogP contribution in [0.15, 0.2) is 0 Å². The zero-order chi connectivity index (χ0) is 13.1. The molecule has 6 nitrogen and oxygen atoms in total. The van der Waals surface area contributed by atoms with E-state index >= 15 is 0 Å². The highest BCUT2D eigenvalue weighted by molar-refractivity contribution is 5.90. The second-order valence-electron chi connectivity index (χ2n) is 4.75. The molecule has 0 radical (unpaired) electrons. The Bertz CT molecular complexity index is 298. The Morgan fingerprint density at radius 2 is 2.06 bits per heavy atom. The lowest BCUT2D eigenvalue weighted by molar-refractivity contribution is -0.146. The molecule has 1 fully saturated rings. The van der Waals surface area contributed by atoms with E-state index in [1.54, 1.807) is 6.92 Å². The molecular weight excluding hydrogens is 224 g/mol. The first-order valence-corrected chi connectivity index (χ1v) is 5.84. The van der Waals surface area contributed by atoms with Gasteiger partial charge in [-0.15, -0.1) is 0 Å². The number of hydrogen-bond acceptors (Lipinski definition) is 4. The summed E-state index contributed by atoms with van der Waals surface area (Å²) in [7, 11) is 0. The summed E-state index contributed by atoms with van der Waals surface area (Å²) in [4.78, 5) is 22.9. The smallest absolute Gasteiger partial charge is 0.328 e. The van der Waals surface area contributed by atoms with E-state index in [2.05, 4.69) is 10.6 Å². The average molecular weight is 244 g/mol. The summed E-state index contributed by atoms with van der Waals surface area (Å²) < 4.78 is 0. The van der Waals surface area contributed by atoms with Crippen LogP contribution < -0.4 is 10.6 Å². The van der Waals surface area contributed by atoms with Crippen molar-refractivity contribution in [3.05, 3.63) is 0 Å². The summed E-state index contributed by atoms with van der Waals surface area (Å²) in [6, 6.07) is -1.26. The fourth-order valence-corrected chi connectivity index (χ4v) is 1.94. The molecule has 0 bridgehead atoms. The summed E-state index contributed by atoms with van der Waals surface area (Å²) in [5, 5.41) is 23.6. The topological polar surface area (TPSA) is 98.7 Å². The molecule has 0 aromatic rings. The molecule has 0 spiro atoms. The molecular formula is C11H20N2O4. The first-order valence-electron chi connectivity index (χ1n) is 5.84. The van der Waals surface area contributed by atoms with E-state index in [0.29, 0.717) is 6.42 Å².